The van der Waals surface area contributed by atoms with E-state index in [9.17, 15) is 4.79 Å². The van der Waals surface area contributed by atoms with E-state index in [4.69, 9.17) is 0 Å². The van der Waals surface area contributed by atoms with Gasteiger partial charge in [0, 0.05) is 12.1 Å². The molecule has 2 nitrogen and oxygen atoms in total. The summed E-state index contributed by atoms with van der Waals surface area (Å²) in [5.74, 6) is 0.384. The molecular formula is C14H17NO. The number of Topliss-reactive ketones (excluding diaryl/α,β-unsaturated/α-hetero) is 1. The quantitative estimate of drug-likeness (QED) is 0.661. The number of benzene rings is 1. The van der Waals surface area contributed by atoms with Gasteiger partial charge < -0.3 is 4.90 Å². The van der Waals surface area contributed by atoms with Crippen LogP contribution >= 0.6 is 0 Å². The van der Waals surface area contributed by atoms with E-state index in [1.54, 1.807) is 0 Å². The van der Waals surface area contributed by atoms with Crippen molar-refractivity contribution in [2.24, 2.45) is 5.41 Å². The van der Waals surface area contributed by atoms with E-state index in [1.165, 1.54) is 5.56 Å². The van der Waals surface area contributed by atoms with Crippen LogP contribution in [-0.4, -0.2) is 30.8 Å². The first-order valence-corrected chi connectivity index (χ1v) is 6.03. The van der Waals surface area contributed by atoms with E-state index in [1.807, 2.05) is 18.2 Å². The number of likely N-dealkylation sites (tertiary alicyclic amines) is 1. The smallest absolute Gasteiger partial charge is 0.170 e. The van der Waals surface area contributed by atoms with E-state index in [-0.39, 0.29) is 5.41 Å². The number of carbonyl (C=O) groups is 1. The fourth-order valence-electron chi connectivity index (χ4n) is 3.32. The molecule has 0 N–H and O–H groups in total. The predicted octanol–water partition coefficient (Wildman–Crippen LogP) is 2.14. The minimum atomic E-state index is -0.101. The van der Waals surface area contributed by atoms with Gasteiger partial charge in [0.15, 0.2) is 5.78 Å². The van der Waals surface area contributed by atoms with Gasteiger partial charge in [-0.1, -0.05) is 24.3 Å². The van der Waals surface area contributed by atoms with Crippen molar-refractivity contribution >= 4 is 5.78 Å². The molecule has 1 spiro atoms. The van der Waals surface area contributed by atoms with Gasteiger partial charge in [0.1, 0.15) is 0 Å². The van der Waals surface area contributed by atoms with Gasteiger partial charge in [0.25, 0.3) is 0 Å². The van der Waals surface area contributed by atoms with Crippen molar-refractivity contribution in [2.45, 2.75) is 19.3 Å². The molecule has 2 aliphatic rings. The Kier molecular flexibility index (Phi) is 2.15. The molecule has 16 heavy (non-hydrogen) atoms. The molecule has 1 saturated heterocycles. The van der Waals surface area contributed by atoms with Crippen LogP contribution in [0.3, 0.4) is 0 Å². The Morgan fingerprint density at radius 2 is 2.12 bits per heavy atom. The van der Waals surface area contributed by atoms with E-state index >= 15 is 0 Å². The summed E-state index contributed by atoms with van der Waals surface area (Å²) in [6, 6.07) is 8.11. The molecule has 0 bridgehead atoms. The lowest BCUT2D eigenvalue weighted by molar-refractivity contribution is 0.0637. The minimum Gasteiger partial charge on any atom is -0.305 e. The Morgan fingerprint density at radius 3 is 2.88 bits per heavy atom. The number of ketones is 1. The first-order chi connectivity index (χ1) is 7.71. The molecule has 1 unspecified atom stereocenters. The molecule has 1 atom stereocenters. The van der Waals surface area contributed by atoms with E-state index < -0.39 is 0 Å². The zero-order valence-corrected chi connectivity index (χ0v) is 9.70. The molecule has 2 heteroatoms. The van der Waals surface area contributed by atoms with Crippen molar-refractivity contribution in [2.75, 3.05) is 20.1 Å². The standard InChI is InChI=1S/C14H17NO/c1-15-8-4-7-14(10-15)9-11-5-2-3-6-12(11)13(14)16/h2-3,5-6H,4,7-10H2,1H3. The molecule has 1 heterocycles. The number of piperidine rings is 1. The second-order valence-corrected chi connectivity index (χ2v) is 5.28. The third-order valence-electron chi connectivity index (χ3n) is 4.04. The summed E-state index contributed by atoms with van der Waals surface area (Å²) >= 11 is 0. The number of nitrogens with zero attached hydrogens (tertiary/aromatic N) is 1. The van der Waals surface area contributed by atoms with Crippen molar-refractivity contribution in [3.63, 3.8) is 0 Å². The molecule has 1 aromatic rings. The molecule has 84 valence electrons. The normalized spacial score (nSPS) is 29.7. The molecule has 0 amide bonds. The monoisotopic (exact) mass is 215 g/mol. The maximum Gasteiger partial charge on any atom is 0.170 e. The highest BCUT2D eigenvalue weighted by Crippen LogP contribution is 2.42. The number of hydrogen-bond donors (Lipinski definition) is 0. The highest BCUT2D eigenvalue weighted by atomic mass is 16.1. The van der Waals surface area contributed by atoms with E-state index in [0.717, 1.165) is 37.9 Å². The summed E-state index contributed by atoms with van der Waals surface area (Å²) in [4.78, 5) is 14.8. The number of fused-ring (bicyclic) bond motifs is 1. The average Bonchev–Trinajstić information content (AvgIpc) is 2.53. The van der Waals surface area contributed by atoms with Gasteiger partial charge in [0.05, 0.1) is 5.41 Å². The van der Waals surface area contributed by atoms with Crippen LogP contribution in [0.1, 0.15) is 28.8 Å². The van der Waals surface area contributed by atoms with Gasteiger partial charge in [-0.05, 0) is 38.4 Å². The van der Waals surface area contributed by atoms with Crippen LogP contribution in [0.15, 0.2) is 24.3 Å². The van der Waals surface area contributed by atoms with Crippen molar-refractivity contribution in [1.29, 1.82) is 0 Å². The maximum absolute atomic E-state index is 12.5. The third kappa shape index (κ3) is 1.33. The average molecular weight is 215 g/mol. The van der Waals surface area contributed by atoms with Gasteiger partial charge in [-0.25, -0.2) is 0 Å². The largest absolute Gasteiger partial charge is 0.305 e. The Morgan fingerprint density at radius 1 is 1.31 bits per heavy atom. The molecule has 0 aromatic heterocycles. The molecule has 1 fully saturated rings. The lowest BCUT2D eigenvalue weighted by Gasteiger charge is -2.37. The highest BCUT2D eigenvalue weighted by molar-refractivity contribution is 6.05. The third-order valence-corrected chi connectivity index (χ3v) is 4.04. The fourth-order valence-corrected chi connectivity index (χ4v) is 3.32. The van der Waals surface area contributed by atoms with Crippen LogP contribution in [0.4, 0.5) is 0 Å². The number of rotatable bonds is 0. The van der Waals surface area contributed by atoms with E-state index in [0.29, 0.717) is 5.78 Å². The Balaban J connectivity index is 1.99. The summed E-state index contributed by atoms with van der Waals surface area (Å²) in [5.41, 5.74) is 2.12. The summed E-state index contributed by atoms with van der Waals surface area (Å²) in [7, 11) is 2.12. The van der Waals surface area contributed by atoms with Crippen molar-refractivity contribution < 1.29 is 4.79 Å². The lowest BCUT2D eigenvalue weighted by atomic mass is 9.76. The topological polar surface area (TPSA) is 20.3 Å². The van der Waals surface area contributed by atoms with Gasteiger partial charge in [-0.3, -0.25) is 4.79 Å². The fraction of sp³-hybridized carbons (Fsp3) is 0.500. The Labute approximate surface area is 96.3 Å². The van der Waals surface area contributed by atoms with Gasteiger partial charge in [0.2, 0.25) is 0 Å². The summed E-state index contributed by atoms with van der Waals surface area (Å²) in [6.07, 6.45) is 3.16. The van der Waals surface area contributed by atoms with Crippen LogP contribution in [0.5, 0.6) is 0 Å². The van der Waals surface area contributed by atoms with Crippen LogP contribution in [-0.2, 0) is 6.42 Å². The first kappa shape index (κ1) is 10.0. The maximum atomic E-state index is 12.5. The molecule has 1 aromatic carbocycles. The van der Waals surface area contributed by atoms with E-state index in [2.05, 4.69) is 18.0 Å². The van der Waals surface area contributed by atoms with Crippen molar-refractivity contribution in [3.05, 3.63) is 35.4 Å². The summed E-state index contributed by atoms with van der Waals surface area (Å²) in [5, 5.41) is 0. The minimum absolute atomic E-state index is 0.101. The molecule has 0 saturated carbocycles. The lowest BCUT2D eigenvalue weighted by Crippen LogP contribution is -2.44. The number of hydrogen-bond acceptors (Lipinski definition) is 2. The Hall–Kier alpha value is -1.15. The Bertz CT molecular complexity index is 440. The first-order valence-electron chi connectivity index (χ1n) is 6.03. The second kappa shape index (κ2) is 3.42. The zero-order valence-electron chi connectivity index (χ0n) is 9.70. The van der Waals surface area contributed by atoms with Crippen LogP contribution in [0.2, 0.25) is 0 Å². The van der Waals surface area contributed by atoms with Gasteiger partial charge in [-0.2, -0.15) is 0 Å². The molecular weight excluding hydrogens is 198 g/mol. The molecule has 1 aliphatic heterocycles. The molecule has 0 radical (unpaired) electrons. The SMILES string of the molecule is CN1CCCC2(Cc3ccccc3C2=O)C1. The zero-order chi connectivity index (χ0) is 11.2. The van der Waals surface area contributed by atoms with Gasteiger partial charge >= 0.3 is 0 Å². The van der Waals surface area contributed by atoms with Crippen molar-refractivity contribution in [1.82, 2.24) is 4.90 Å². The molecule has 3 rings (SSSR count). The summed E-state index contributed by atoms with van der Waals surface area (Å²) < 4.78 is 0. The van der Waals surface area contributed by atoms with Crippen LogP contribution < -0.4 is 0 Å². The van der Waals surface area contributed by atoms with Crippen LogP contribution in [0.25, 0.3) is 0 Å². The molecule has 1 aliphatic carbocycles. The summed E-state index contributed by atoms with van der Waals surface area (Å²) in [6.45, 7) is 2.06. The second-order valence-electron chi connectivity index (χ2n) is 5.28. The van der Waals surface area contributed by atoms with Gasteiger partial charge in [-0.15, -0.1) is 0 Å². The number of carbonyl (C=O) groups excluding carboxylic acids is 1. The van der Waals surface area contributed by atoms with Crippen LogP contribution in [0, 0.1) is 5.41 Å². The predicted molar refractivity (Wildman–Crippen MR) is 63.6 cm³/mol. The highest BCUT2D eigenvalue weighted by Gasteiger charge is 2.46. The van der Waals surface area contributed by atoms with Crippen molar-refractivity contribution in [3.8, 4) is 0 Å².